The summed E-state index contributed by atoms with van der Waals surface area (Å²) in [6.45, 7) is 1.68. The zero-order valence-electron chi connectivity index (χ0n) is 17.6. The van der Waals surface area contributed by atoms with E-state index in [2.05, 4.69) is 5.10 Å². The van der Waals surface area contributed by atoms with Gasteiger partial charge in [-0.05, 0) is 61.0 Å². The number of furan rings is 1. The Morgan fingerprint density at radius 2 is 1.91 bits per heavy atom. The van der Waals surface area contributed by atoms with E-state index in [1.54, 1.807) is 49.4 Å². The number of methoxy groups -OCH3 is 1. The number of carbonyl (C=O) groups excluding carboxylic acids is 2. The summed E-state index contributed by atoms with van der Waals surface area (Å²) in [6, 6.07) is 13.9. The molecule has 9 nitrogen and oxygen atoms in total. The molecule has 33 heavy (non-hydrogen) atoms. The lowest BCUT2D eigenvalue weighted by molar-refractivity contribution is -0.114. The van der Waals surface area contributed by atoms with Crippen molar-refractivity contribution in [1.29, 1.82) is 0 Å². The molecule has 0 fully saturated rings. The highest BCUT2D eigenvalue weighted by Crippen LogP contribution is 2.31. The number of hydrazone groups is 1. The van der Waals surface area contributed by atoms with Crippen molar-refractivity contribution in [3.63, 3.8) is 0 Å². The lowest BCUT2D eigenvalue weighted by atomic mass is 10.1. The molecule has 4 rings (SSSR count). The second-order valence-electron chi connectivity index (χ2n) is 6.99. The lowest BCUT2D eigenvalue weighted by Crippen LogP contribution is -2.21. The summed E-state index contributed by atoms with van der Waals surface area (Å²) in [7, 11) is 1.43. The minimum atomic E-state index is -1.10. The summed E-state index contributed by atoms with van der Waals surface area (Å²) in [5.74, 6) is -1.63. The van der Waals surface area contributed by atoms with Crippen LogP contribution in [0.15, 0.2) is 76.0 Å². The third-order valence-corrected chi connectivity index (χ3v) is 4.82. The number of hydrogen-bond donors (Lipinski definition) is 1. The van der Waals surface area contributed by atoms with Gasteiger partial charge in [0, 0.05) is 0 Å². The topological polar surface area (TPSA) is 119 Å². The van der Waals surface area contributed by atoms with Gasteiger partial charge in [-0.1, -0.05) is 12.1 Å². The van der Waals surface area contributed by atoms with Gasteiger partial charge in [-0.25, -0.2) is 9.59 Å². The van der Waals surface area contributed by atoms with Gasteiger partial charge in [0.1, 0.15) is 0 Å². The third kappa shape index (κ3) is 4.38. The molecule has 0 bridgehead atoms. The van der Waals surface area contributed by atoms with Gasteiger partial charge >= 0.3 is 11.9 Å². The van der Waals surface area contributed by atoms with Crippen LogP contribution in [-0.2, 0) is 4.79 Å². The number of carboxylic acid groups (broad SMARTS) is 1. The van der Waals surface area contributed by atoms with Gasteiger partial charge < -0.3 is 19.0 Å². The Morgan fingerprint density at radius 3 is 2.61 bits per heavy atom. The minimum absolute atomic E-state index is 0.0509. The molecule has 166 valence electrons. The molecule has 1 N–H and O–H groups in total. The van der Waals surface area contributed by atoms with E-state index in [9.17, 15) is 19.5 Å². The van der Waals surface area contributed by atoms with Crippen LogP contribution in [-0.4, -0.2) is 35.8 Å². The number of rotatable bonds is 6. The number of esters is 1. The Morgan fingerprint density at radius 1 is 1.09 bits per heavy atom. The summed E-state index contributed by atoms with van der Waals surface area (Å²) in [4.78, 5) is 36.4. The van der Waals surface area contributed by atoms with E-state index < -0.39 is 17.8 Å². The van der Waals surface area contributed by atoms with E-state index >= 15 is 0 Å². The molecule has 1 aliphatic rings. The van der Waals surface area contributed by atoms with Crippen LogP contribution < -0.4 is 14.5 Å². The summed E-state index contributed by atoms with van der Waals surface area (Å²) >= 11 is 0. The van der Waals surface area contributed by atoms with Crippen LogP contribution in [0, 0.1) is 0 Å². The quantitative estimate of drug-likeness (QED) is 0.345. The normalized spacial score (nSPS) is 14.4. The highest BCUT2D eigenvalue weighted by atomic mass is 16.6. The predicted molar refractivity (Wildman–Crippen MR) is 119 cm³/mol. The first-order valence-corrected chi connectivity index (χ1v) is 9.76. The van der Waals surface area contributed by atoms with Crippen molar-refractivity contribution >= 4 is 35.3 Å². The van der Waals surface area contributed by atoms with Gasteiger partial charge in [-0.15, -0.1) is 0 Å². The molecular weight excluding hydrogens is 428 g/mol. The molecular formula is C24H18N2O7. The van der Waals surface area contributed by atoms with Crippen molar-refractivity contribution in [3.8, 4) is 11.5 Å². The van der Waals surface area contributed by atoms with E-state index in [1.807, 2.05) is 0 Å². The maximum atomic E-state index is 13.0. The van der Waals surface area contributed by atoms with E-state index in [4.69, 9.17) is 13.9 Å². The van der Waals surface area contributed by atoms with Gasteiger partial charge in [-0.3, -0.25) is 4.79 Å². The molecule has 1 aromatic heterocycles. The molecule has 0 aliphatic carbocycles. The van der Waals surface area contributed by atoms with Crippen molar-refractivity contribution in [3.05, 3.63) is 83.3 Å². The van der Waals surface area contributed by atoms with Crippen molar-refractivity contribution in [2.45, 2.75) is 6.92 Å². The average molecular weight is 446 g/mol. The summed E-state index contributed by atoms with van der Waals surface area (Å²) in [6.07, 6.45) is 3.00. The third-order valence-electron chi connectivity index (χ3n) is 4.82. The molecule has 0 saturated carbocycles. The number of aromatic carboxylic acids is 1. The second kappa shape index (κ2) is 8.83. The number of nitrogens with zero attached hydrogens (tertiary/aromatic N) is 2. The van der Waals surface area contributed by atoms with Gasteiger partial charge in [0.25, 0.3) is 5.91 Å². The summed E-state index contributed by atoms with van der Waals surface area (Å²) < 4.78 is 15.7. The van der Waals surface area contributed by atoms with Gasteiger partial charge in [0.05, 0.1) is 35.9 Å². The second-order valence-corrected chi connectivity index (χ2v) is 6.99. The molecule has 3 aromatic rings. The summed E-state index contributed by atoms with van der Waals surface area (Å²) in [5.41, 5.74) is 1.81. The molecule has 0 saturated heterocycles. The number of carbonyl (C=O) groups is 3. The average Bonchev–Trinajstić information content (AvgIpc) is 3.44. The zero-order chi connectivity index (χ0) is 23.5. The van der Waals surface area contributed by atoms with Crippen LogP contribution in [0.25, 0.3) is 6.08 Å². The number of benzene rings is 2. The Kier molecular flexibility index (Phi) is 5.77. The smallest absolute Gasteiger partial charge is 0.379 e. The number of amides is 1. The Labute approximate surface area is 188 Å². The van der Waals surface area contributed by atoms with Crippen LogP contribution in [0.4, 0.5) is 5.69 Å². The van der Waals surface area contributed by atoms with Crippen molar-refractivity contribution < 1.29 is 33.4 Å². The number of anilines is 1. The maximum Gasteiger partial charge on any atom is 0.379 e. The van der Waals surface area contributed by atoms with Crippen LogP contribution in [0.3, 0.4) is 0 Å². The van der Waals surface area contributed by atoms with Gasteiger partial charge in [-0.2, -0.15) is 10.1 Å². The number of ether oxygens (including phenoxy) is 2. The van der Waals surface area contributed by atoms with E-state index in [-0.39, 0.29) is 22.8 Å². The molecule has 0 radical (unpaired) electrons. The van der Waals surface area contributed by atoms with Gasteiger partial charge in [0.15, 0.2) is 11.5 Å². The molecule has 2 aromatic carbocycles. The standard InChI is InChI=1S/C24H18N2O7/c1-14-18(22(27)26(25-14)17-6-3-5-16(13-17)23(28)29)11-15-8-9-19(21(12-15)31-2)33-24(30)20-7-4-10-32-20/h3-13H,1-2H3,(H,28,29). The van der Waals surface area contributed by atoms with Crippen LogP contribution >= 0.6 is 0 Å². The van der Waals surface area contributed by atoms with Crippen molar-refractivity contribution in [1.82, 2.24) is 0 Å². The van der Waals surface area contributed by atoms with Crippen LogP contribution in [0.1, 0.15) is 33.4 Å². The molecule has 1 amide bonds. The van der Waals surface area contributed by atoms with Gasteiger partial charge in [0.2, 0.25) is 5.76 Å². The Bertz CT molecular complexity index is 1310. The van der Waals surface area contributed by atoms with Crippen molar-refractivity contribution in [2.75, 3.05) is 12.1 Å². The predicted octanol–water partition coefficient (Wildman–Crippen LogP) is 4.01. The summed E-state index contributed by atoms with van der Waals surface area (Å²) in [5, 5.41) is 14.6. The van der Waals surface area contributed by atoms with Crippen molar-refractivity contribution in [2.24, 2.45) is 5.10 Å². The van der Waals surface area contributed by atoms with E-state index in [0.29, 0.717) is 22.5 Å². The SMILES string of the molecule is COc1cc(C=C2C(=O)N(c3cccc(C(=O)O)c3)N=C2C)ccc1OC(=O)c1ccco1. The van der Waals surface area contributed by atoms with Crippen LogP contribution in [0.2, 0.25) is 0 Å². The number of carboxylic acids is 1. The van der Waals surface area contributed by atoms with E-state index in [1.165, 1.54) is 31.6 Å². The first-order chi connectivity index (χ1) is 15.9. The first-order valence-electron chi connectivity index (χ1n) is 9.76. The minimum Gasteiger partial charge on any atom is -0.493 e. The molecule has 0 unspecified atom stereocenters. The van der Waals surface area contributed by atoms with Crippen LogP contribution in [0.5, 0.6) is 11.5 Å². The fraction of sp³-hybridized carbons (Fsp3) is 0.0833. The maximum absolute atomic E-state index is 13.0. The Balaban J connectivity index is 1.59. The molecule has 0 spiro atoms. The number of hydrogen-bond acceptors (Lipinski definition) is 7. The monoisotopic (exact) mass is 446 g/mol. The molecule has 1 aliphatic heterocycles. The zero-order valence-corrected chi connectivity index (χ0v) is 17.6. The molecule has 9 heteroatoms. The Hall–Kier alpha value is -4.66. The highest BCUT2D eigenvalue weighted by Gasteiger charge is 2.29. The highest BCUT2D eigenvalue weighted by molar-refractivity contribution is 6.32. The fourth-order valence-electron chi connectivity index (χ4n) is 3.20. The molecule has 2 heterocycles. The first kappa shape index (κ1) is 21.6. The fourth-order valence-corrected chi connectivity index (χ4v) is 3.20. The lowest BCUT2D eigenvalue weighted by Gasteiger charge is -2.12. The largest absolute Gasteiger partial charge is 0.493 e. The van der Waals surface area contributed by atoms with E-state index in [0.717, 1.165) is 5.01 Å². The molecule has 0 atom stereocenters.